The number of ether oxygens (including phenoxy) is 1. The Balaban J connectivity index is 1.52. The number of fused-ring (bicyclic) bond motifs is 2. The topological polar surface area (TPSA) is 104 Å². The number of sulfone groups is 1. The Labute approximate surface area is 178 Å². The summed E-state index contributed by atoms with van der Waals surface area (Å²) in [6.45, 7) is 0.833. The van der Waals surface area contributed by atoms with E-state index in [0.29, 0.717) is 29.5 Å². The van der Waals surface area contributed by atoms with Crippen LogP contribution in [0.4, 0.5) is 5.69 Å². The molecule has 0 spiro atoms. The summed E-state index contributed by atoms with van der Waals surface area (Å²) < 4.78 is 33.1. The van der Waals surface area contributed by atoms with E-state index >= 15 is 0 Å². The fourth-order valence-corrected chi connectivity index (χ4v) is 5.12. The molecule has 1 aromatic heterocycles. The molecular formula is C23H19N3O4S. The van der Waals surface area contributed by atoms with Gasteiger partial charge in [0.15, 0.2) is 0 Å². The second kappa shape index (κ2) is 7.24. The van der Waals surface area contributed by atoms with Gasteiger partial charge in [0.1, 0.15) is 5.75 Å². The van der Waals surface area contributed by atoms with Gasteiger partial charge in [-0.2, -0.15) is 5.10 Å². The Morgan fingerprint density at radius 1 is 1.03 bits per heavy atom. The average Bonchev–Trinajstić information content (AvgIpc) is 3.23. The van der Waals surface area contributed by atoms with Crippen LogP contribution in [0.5, 0.6) is 5.75 Å². The van der Waals surface area contributed by atoms with Crippen molar-refractivity contribution in [3.8, 4) is 5.75 Å². The molecule has 4 aromatic rings. The number of anilines is 1. The van der Waals surface area contributed by atoms with E-state index < -0.39 is 9.84 Å². The smallest absolute Gasteiger partial charge is 0.274 e. The van der Waals surface area contributed by atoms with Gasteiger partial charge < -0.3 is 10.5 Å². The van der Waals surface area contributed by atoms with Crippen molar-refractivity contribution in [2.24, 2.45) is 0 Å². The van der Waals surface area contributed by atoms with Crippen molar-refractivity contribution in [2.75, 3.05) is 12.3 Å². The maximum Gasteiger partial charge on any atom is 0.274 e. The fraction of sp³-hybridized carbons (Fsp3) is 0.130. The third-order valence-corrected chi connectivity index (χ3v) is 7.14. The first-order valence-electron chi connectivity index (χ1n) is 9.77. The molecule has 0 saturated carbocycles. The number of benzene rings is 3. The maximum absolute atomic E-state index is 13.1. The van der Waals surface area contributed by atoms with E-state index in [0.717, 1.165) is 16.9 Å². The van der Waals surface area contributed by atoms with Gasteiger partial charge >= 0.3 is 0 Å². The van der Waals surface area contributed by atoms with Gasteiger partial charge in [0.25, 0.3) is 5.56 Å². The number of hydrogen-bond acceptors (Lipinski definition) is 6. The van der Waals surface area contributed by atoms with Crippen molar-refractivity contribution in [3.63, 3.8) is 0 Å². The predicted molar refractivity (Wildman–Crippen MR) is 117 cm³/mol. The first kappa shape index (κ1) is 19.3. The van der Waals surface area contributed by atoms with Crippen molar-refractivity contribution < 1.29 is 13.2 Å². The standard InChI is InChI=1S/C23H19N3O4S/c24-18-3-1-2-15(10-18)14-26-23(27)21-6-4-19(12-17(21)13-25-26)31(28,29)20-5-7-22-16(11-20)8-9-30-22/h1-7,10-13H,8-9,14,24H2. The van der Waals surface area contributed by atoms with E-state index in [2.05, 4.69) is 5.10 Å². The summed E-state index contributed by atoms with van der Waals surface area (Å²) in [6.07, 6.45) is 2.20. The molecule has 2 N–H and O–H groups in total. The van der Waals surface area contributed by atoms with Crippen LogP contribution in [0.15, 0.2) is 81.4 Å². The molecule has 0 saturated heterocycles. The molecule has 5 rings (SSSR count). The van der Waals surface area contributed by atoms with Crippen molar-refractivity contribution in [2.45, 2.75) is 22.8 Å². The molecule has 0 radical (unpaired) electrons. The van der Waals surface area contributed by atoms with Crippen LogP contribution in [0, 0.1) is 0 Å². The maximum atomic E-state index is 13.1. The van der Waals surface area contributed by atoms with Crippen LogP contribution in [0.1, 0.15) is 11.1 Å². The minimum atomic E-state index is -3.73. The quantitative estimate of drug-likeness (QED) is 0.496. The molecule has 8 heteroatoms. The zero-order chi connectivity index (χ0) is 21.6. The van der Waals surface area contributed by atoms with E-state index in [4.69, 9.17) is 10.5 Å². The van der Waals surface area contributed by atoms with Gasteiger partial charge in [0.05, 0.1) is 34.5 Å². The largest absolute Gasteiger partial charge is 0.493 e. The summed E-state index contributed by atoms with van der Waals surface area (Å²) >= 11 is 0. The van der Waals surface area contributed by atoms with Crippen LogP contribution in [-0.4, -0.2) is 24.8 Å². The molecule has 0 aliphatic carbocycles. The van der Waals surface area contributed by atoms with Gasteiger partial charge in [-0.05, 0) is 59.7 Å². The predicted octanol–water partition coefficient (Wildman–Crippen LogP) is 2.79. The Morgan fingerprint density at radius 2 is 1.84 bits per heavy atom. The number of hydrogen-bond donors (Lipinski definition) is 1. The third kappa shape index (κ3) is 3.44. The molecular weight excluding hydrogens is 414 g/mol. The third-order valence-electron chi connectivity index (χ3n) is 5.39. The molecule has 7 nitrogen and oxygen atoms in total. The molecule has 156 valence electrons. The van der Waals surface area contributed by atoms with Gasteiger partial charge in [-0.3, -0.25) is 4.79 Å². The van der Waals surface area contributed by atoms with E-state index in [1.807, 2.05) is 12.1 Å². The molecule has 0 unspecified atom stereocenters. The van der Waals surface area contributed by atoms with E-state index in [1.54, 1.807) is 36.4 Å². The Kier molecular flexibility index (Phi) is 4.51. The van der Waals surface area contributed by atoms with Crippen molar-refractivity contribution in [1.82, 2.24) is 9.78 Å². The highest BCUT2D eigenvalue weighted by molar-refractivity contribution is 7.91. The first-order chi connectivity index (χ1) is 14.9. The lowest BCUT2D eigenvalue weighted by atomic mass is 10.2. The monoisotopic (exact) mass is 433 g/mol. The van der Waals surface area contributed by atoms with Gasteiger partial charge in [0.2, 0.25) is 9.84 Å². The van der Waals surface area contributed by atoms with Gasteiger partial charge in [-0.15, -0.1) is 0 Å². The molecule has 1 aliphatic heterocycles. The highest BCUT2D eigenvalue weighted by Gasteiger charge is 2.22. The van der Waals surface area contributed by atoms with Crippen LogP contribution in [0.2, 0.25) is 0 Å². The second-order valence-electron chi connectivity index (χ2n) is 7.47. The molecule has 3 aromatic carbocycles. The van der Waals surface area contributed by atoms with Gasteiger partial charge in [-0.25, -0.2) is 13.1 Å². The Hall–Kier alpha value is -3.65. The number of aromatic nitrogens is 2. The molecule has 0 fully saturated rings. The molecule has 31 heavy (non-hydrogen) atoms. The van der Waals surface area contributed by atoms with Crippen LogP contribution in [0.25, 0.3) is 10.8 Å². The number of nitrogens with zero attached hydrogens (tertiary/aromatic N) is 2. The minimum Gasteiger partial charge on any atom is -0.493 e. The summed E-state index contributed by atoms with van der Waals surface area (Å²) in [4.78, 5) is 13.2. The lowest BCUT2D eigenvalue weighted by Crippen LogP contribution is -2.23. The van der Waals surface area contributed by atoms with Crippen LogP contribution < -0.4 is 16.0 Å². The lowest BCUT2D eigenvalue weighted by molar-refractivity contribution is 0.356. The van der Waals surface area contributed by atoms with E-state index in [-0.39, 0.29) is 21.9 Å². The highest BCUT2D eigenvalue weighted by Crippen LogP contribution is 2.30. The highest BCUT2D eigenvalue weighted by atomic mass is 32.2. The fourth-order valence-electron chi connectivity index (χ4n) is 3.78. The molecule has 0 bridgehead atoms. The molecule has 0 amide bonds. The molecule has 2 heterocycles. The van der Waals surface area contributed by atoms with E-state index in [9.17, 15) is 13.2 Å². The number of nitrogens with two attached hydrogens (primary N) is 1. The van der Waals surface area contributed by atoms with Crippen LogP contribution >= 0.6 is 0 Å². The zero-order valence-electron chi connectivity index (χ0n) is 16.5. The molecule has 1 aliphatic rings. The van der Waals surface area contributed by atoms with E-state index in [1.165, 1.54) is 23.0 Å². The Morgan fingerprint density at radius 3 is 2.68 bits per heavy atom. The number of nitrogen functional groups attached to an aromatic ring is 1. The van der Waals surface area contributed by atoms with Gasteiger partial charge in [-0.1, -0.05) is 12.1 Å². The lowest BCUT2D eigenvalue weighted by Gasteiger charge is -2.09. The van der Waals surface area contributed by atoms with Crippen molar-refractivity contribution in [1.29, 1.82) is 0 Å². The summed E-state index contributed by atoms with van der Waals surface area (Å²) in [6, 6.07) is 16.6. The summed E-state index contributed by atoms with van der Waals surface area (Å²) in [7, 11) is -3.73. The van der Waals surface area contributed by atoms with Crippen LogP contribution in [0.3, 0.4) is 0 Å². The average molecular weight is 433 g/mol. The van der Waals surface area contributed by atoms with Crippen molar-refractivity contribution in [3.05, 3.63) is 88.3 Å². The summed E-state index contributed by atoms with van der Waals surface area (Å²) in [5.41, 5.74) is 7.86. The summed E-state index contributed by atoms with van der Waals surface area (Å²) in [5, 5.41) is 5.10. The number of rotatable bonds is 4. The van der Waals surface area contributed by atoms with Crippen LogP contribution in [-0.2, 0) is 22.8 Å². The van der Waals surface area contributed by atoms with Crippen molar-refractivity contribution >= 4 is 26.3 Å². The molecule has 0 atom stereocenters. The van der Waals surface area contributed by atoms with Gasteiger partial charge in [0, 0.05) is 17.5 Å². The zero-order valence-corrected chi connectivity index (χ0v) is 17.3. The second-order valence-corrected chi connectivity index (χ2v) is 9.42. The minimum absolute atomic E-state index is 0.119. The SMILES string of the molecule is Nc1cccc(Cn2ncc3cc(S(=O)(=O)c4ccc5c(c4)CCO5)ccc3c2=O)c1. The normalized spacial score (nSPS) is 13.2. The summed E-state index contributed by atoms with van der Waals surface area (Å²) in [5.74, 6) is 0.724. The Bertz CT molecular complexity index is 1490. The first-order valence-corrected chi connectivity index (χ1v) is 11.3.